The van der Waals surface area contributed by atoms with Gasteiger partial charge in [-0.1, -0.05) is 6.07 Å². The SMILES string of the molecule is CN1CCC(C(=O)NC2CCCc3cc(N)ccc32)CC1=O. The van der Waals surface area contributed by atoms with Crippen molar-refractivity contribution in [1.82, 2.24) is 10.2 Å². The molecular formula is C17H23N3O2. The third kappa shape index (κ3) is 2.93. The van der Waals surface area contributed by atoms with E-state index in [0.717, 1.165) is 31.4 Å². The topological polar surface area (TPSA) is 75.4 Å². The lowest BCUT2D eigenvalue weighted by atomic mass is 9.86. The number of aryl methyl sites for hydroxylation is 1. The largest absolute Gasteiger partial charge is 0.399 e. The maximum atomic E-state index is 12.5. The molecule has 0 bridgehead atoms. The maximum absolute atomic E-state index is 12.5. The number of carbonyl (C=O) groups excluding carboxylic acids is 2. The number of rotatable bonds is 2. The lowest BCUT2D eigenvalue weighted by molar-refractivity contribution is -0.139. The van der Waals surface area contributed by atoms with Gasteiger partial charge in [0, 0.05) is 31.6 Å². The Bertz CT molecular complexity index is 600. The van der Waals surface area contributed by atoms with Gasteiger partial charge in [0.1, 0.15) is 0 Å². The molecule has 0 saturated carbocycles. The summed E-state index contributed by atoms with van der Waals surface area (Å²) in [4.78, 5) is 26.0. The van der Waals surface area contributed by atoms with Crippen molar-refractivity contribution in [2.45, 2.75) is 38.1 Å². The monoisotopic (exact) mass is 301 g/mol. The van der Waals surface area contributed by atoms with Crippen molar-refractivity contribution in [3.05, 3.63) is 29.3 Å². The standard InChI is InChI=1S/C17H23N3O2/c1-20-8-7-12(10-16(20)21)17(22)19-15-4-2-3-11-9-13(18)5-6-14(11)15/h5-6,9,12,15H,2-4,7-8,10,18H2,1H3,(H,19,22). The first-order valence-electron chi connectivity index (χ1n) is 7.97. The first kappa shape index (κ1) is 14.9. The Hall–Kier alpha value is -2.04. The zero-order valence-electron chi connectivity index (χ0n) is 13.0. The third-order valence-electron chi connectivity index (χ3n) is 4.83. The number of anilines is 1. The van der Waals surface area contributed by atoms with E-state index in [4.69, 9.17) is 5.73 Å². The van der Waals surface area contributed by atoms with E-state index in [1.807, 2.05) is 18.2 Å². The molecule has 1 aliphatic heterocycles. The van der Waals surface area contributed by atoms with E-state index in [-0.39, 0.29) is 23.8 Å². The third-order valence-corrected chi connectivity index (χ3v) is 4.83. The van der Waals surface area contributed by atoms with Gasteiger partial charge in [0.05, 0.1) is 6.04 Å². The van der Waals surface area contributed by atoms with Gasteiger partial charge in [-0.05, 0) is 48.9 Å². The maximum Gasteiger partial charge on any atom is 0.224 e. The molecule has 1 aromatic rings. The van der Waals surface area contributed by atoms with Crippen LogP contribution in [0, 0.1) is 5.92 Å². The molecule has 1 aliphatic carbocycles. The van der Waals surface area contributed by atoms with Gasteiger partial charge in [0.2, 0.25) is 11.8 Å². The summed E-state index contributed by atoms with van der Waals surface area (Å²) in [6.45, 7) is 0.661. The average Bonchev–Trinajstić information content (AvgIpc) is 2.50. The fraction of sp³-hybridized carbons (Fsp3) is 0.529. The number of amides is 2. The summed E-state index contributed by atoms with van der Waals surface area (Å²) in [7, 11) is 1.79. The number of nitrogens with zero attached hydrogens (tertiary/aromatic N) is 1. The molecule has 3 rings (SSSR count). The fourth-order valence-corrected chi connectivity index (χ4v) is 3.44. The average molecular weight is 301 g/mol. The number of hydrogen-bond donors (Lipinski definition) is 2. The summed E-state index contributed by atoms with van der Waals surface area (Å²) in [6.07, 6.45) is 4.08. The number of fused-ring (bicyclic) bond motifs is 1. The van der Waals surface area contributed by atoms with Crippen molar-refractivity contribution in [2.24, 2.45) is 5.92 Å². The molecule has 2 atom stereocenters. The molecule has 22 heavy (non-hydrogen) atoms. The number of hydrogen-bond acceptors (Lipinski definition) is 3. The van der Waals surface area contributed by atoms with Gasteiger partial charge in [0.25, 0.3) is 0 Å². The first-order valence-corrected chi connectivity index (χ1v) is 7.97. The minimum atomic E-state index is -0.192. The fourth-order valence-electron chi connectivity index (χ4n) is 3.44. The highest BCUT2D eigenvalue weighted by molar-refractivity contribution is 5.87. The highest BCUT2D eigenvalue weighted by Gasteiger charge is 2.31. The second-order valence-electron chi connectivity index (χ2n) is 6.42. The van der Waals surface area contributed by atoms with Crippen LogP contribution in [0.5, 0.6) is 0 Å². The molecule has 0 radical (unpaired) electrons. The lowest BCUT2D eigenvalue weighted by Gasteiger charge is -2.31. The number of nitrogens with one attached hydrogen (secondary N) is 1. The zero-order valence-corrected chi connectivity index (χ0v) is 13.0. The van der Waals surface area contributed by atoms with E-state index in [1.165, 1.54) is 11.1 Å². The van der Waals surface area contributed by atoms with E-state index in [9.17, 15) is 9.59 Å². The van der Waals surface area contributed by atoms with Gasteiger partial charge in [0.15, 0.2) is 0 Å². The highest BCUT2D eigenvalue weighted by atomic mass is 16.2. The van der Waals surface area contributed by atoms with Gasteiger partial charge in [-0.2, -0.15) is 0 Å². The summed E-state index contributed by atoms with van der Waals surface area (Å²) < 4.78 is 0. The summed E-state index contributed by atoms with van der Waals surface area (Å²) in [5, 5.41) is 3.15. The van der Waals surface area contributed by atoms with Crippen LogP contribution in [0.3, 0.4) is 0 Å². The van der Waals surface area contributed by atoms with E-state index in [1.54, 1.807) is 11.9 Å². The van der Waals surface area contributed by atoms with Crippen molar-refractivity contribution in [1.29, 1.82) is 0 Å². The summed E-state index contributed by atoms with van der Waals surface area (Å²) in [5.74, 6) is -0.123. The summed E-state index contributed by atoms with van der Waals surface area (Å²) in [6, 6.07) is 5.97. The molecule has 1 fully saturated rings. The Morgan fingerprint density at radius 3 is 2.95 bits per heavy atom. The van der Waals surface area contributed by atoms with Crippen LogP contribution in [0.4, 0.5) is 5.69 Å². The van der Waals surface area contributed by atoms with Gasteiger partial charge in [-0.3, -0.25) is 9.59 Å². The van der Waals surface area contributed by atoms with Crippen LogP contribution in [0.2, 0.25) is 0 Å². The second-order valence-corrected chi connectivity index (χ2v) is 6.42. The number of carbonyl (C=O) groups is 2. The minimum absolute atomic E-state index is 0.0103. The molecule has 0 aromatic heterocycles. The van der Waals surface area contributed by atoms with Crippen LogP contribution >= 0.6 is 0 Å². The molecule has 1 aromatic carbocycles. The smallest absolute Gasteiger partial charge is 0.224 e. The van der Waals surface area contributed by atoms with E-state index in [0.29, 0.717) is 13.0 Å². The molecule has 5 nitrogen and oxygen atoms in total. The van der Waals surface area contributed by atoms with Gasteiger partial charge < -0.3 is 16.0 Å². The Morgan fingerprint density at radius 2 is 2.18 bits per heavy atom. The molecule has 5 heteroatoms. The van der Waals surface area contributed by atoms with Crippen LogP contribution in [0.1, 0.15) is 42.9 Å². The molecule has 1 heterocycles. The van der Waals surface area contributed by atoms with Crippen molar-refractivity contribution >= 4 is 17.5 Å². The molecule has 2 unspecified atom stereocenters. The quantitative estimate of drug-likeness (QED) is 0.815. The number of benzene rings is 1. The zero-order chi connectivity index (χ0) is 15.7. The van der Waals surface area contributed by atoms with Crippen LogP contribution < -0.4 is 11.1 Å². The molecule has 1 saturated heterocycles. The van der Waals surface area contributed by atoms with Crippen molar-refractivity contribution in [3.8, 4) is 0 Å². The number of nitrogens with two attached hydrogens (primary N) is 1. The Morgan fingerprint density at radius 1 is 1.36 bits per heavy atom. The molecule has 2 amide bonds. The molecule has 0 spiro atoms. The number of piperidine rings is 1. The number of likely N-dealkylation sites (tertiary alicyclic amines) is 1. The van der Waals surface area contributed by atoms with E-state index >= 15 is 0 Å². The van der Waals surface area contributed by atoms with Crippen LogP contribution in [0.25, 0.3) is 0 Å². The van der Waals surface area contributed by atoms with Crippen LogP contribution in [-0.4, -0.2) is 30.3 Å². The van der Waals surface area contributed by atoms with Crippen molar-refractivity contribution in [3.63, 3.8) is 0 Å². The molecule has 3 N–H and O–H groups in total. The van der Waals surface area contributed by atoms with E-state index in [2.05, 4.69) is 5.32 Å². The van der Waals surface area contributed by atoms with Crippen molar-refractivity contribution in [2.75, 3.05) is 19.3 Å². The Labute approximate surface area is 130 Å². The van der Waals surface area contributed by atoms with Gasteiger partial charge in [-0.25, -0.2) is 0 Å². The molecular weight excluding hydrogens is 278 g/mol. The van der Waals surface area contributed by atoms with Crippen molar-refractivity contribution < 1.29 is 9.59 Å². The first-order chi connectivity index (χ1) is 10.5. The normalized spacial score (nSPS) is 24.8. The van der Waals surface area contributed by atoms with Gasteiger partial charge in [-0.15, -0.1) is 0 Å². The van der Waals surface area contributed by atoms with Crippen LogP contribution in [-0.2, 0) is 16.0 Å². The summed E-state index contributed by atoms with van der Waals surface area (Å²) in [5.41, 5.74) is 9.02. The number of nitrogen functional groups attached to an aromatic ring is 1. The van der Waals surface area contributed by atoms with Gasteiger partial charge >= 0.3 is 0 Å². The molecule has 118 valence electrons. The Balaban J connectivity index is 1.69. The predicted octanol–water partition coefficient (Wildman–Crippen LogP) is 1.63. The Kier molecular flexibility index (Phi) is 4.05. The highest BCUT2D eigenvalue weighted by Crippen LogP contribution is 2.31. The van der Waals surface area contributed by atoms with Crippen LogP contribution in [0.15, 0.2) is 18.2 Å². The molecule has 2 aliphatic rings. The van der Waals surface area contributed by atoms with E-state index < -0.39 is 0 Å². The predicted molar refractivity (Wildman–Crippen MR) is 85.0 cm³/mol. The summed E-state index contributed by atoms with van der Waals surface area (Å²) >= 11 is 0. The minimum Gasteiger partial charge on any atom is -0.399 e. The second kappa shape index (κ2) is 5.99. The lowest BCUT2D eigenvalue weighted by Crippen LogP contribution is -2.43.